The second-order valence-corrected chi connectivity index (χ2v) is 3.88. The average Bonchev–Trinajstić information content (AvgIpc) is 2.32. The van der Waals surface area contributed by atoms with Crippen molar-refractivity contribution in [2.24, 2.45) is 0 Å². The van der Waals surface area contributed by atoms with Gasteiger partial charge in [-0.25, -0.2) is 8.78 Å². The molecular weight excluding hydrogens is 260 g/mol. The van der Waals surface area contributed by atoms with E-state index in [2.05, 4.69) is 11.4 Å². The van der Waals surface area contributed by atoms with Crippen LogP contribution in [-0.4, -0.2) is 5.91 Å². The molecular formula is C13H7ClF2NO. The third kappa shape index (κ3) is 2.65. The summed E-state index contributed by atoms with van der Waals surface area (Å²) in [4.78, 5) is 11.8. The number of hydrogen-bond donors (Lipinski definition) is 1. The molecule has 1 radical (unpaired) electrons. The lowest BCUT2D eigenvalue weighted by molar-refractivity contribution is 0.102. The van der Waals surface area contributed by atoms with Gasteiger partial charge in [0, 0.05) is 6.07 Å². The predicted molar refractivity (Wildman–Crippen MR) is 64.6 cm³/mol. The van der Waals surface area contributed by atoms with E-state index in [0.29, 0.717) is 0 Å². The SMILES string of the molecule is O=C(Nc1[c]cccc1F)c1ccc(F)cc1Cl. The van der Waals surface area contributed by atoms with Crippen molar-refractivity contribution in [3.05, 3.63) is 64.7 Å². The molecule has 2 aromatic rings. The average molecular weight is 267 g/mol. The fourth-order valence-corrected chi connectivity index (χ4v) is 1.62. The van der Waals surface area contributed by atoms with Gasteiger partial charge in [-0.3, -0.25) is 4.79 Å². The molecule has 0 unspecified atom stereocenters. The Labute approximate surface area is 107 Å². The molecule has 1 amide bonds. The highest BCUT2D eigenvalue weighted by molar-refractivity contribution is 6.34. The summed E-state index contributed by atoms with van der Waals surface area (Å²) in [7, 11) is 0. The van der Waals surface area contributed by atoms with Crippen LogP contribution in [0.3, 0.4) is 0 Å². The molecule has 0 aliphatic rings. The third-order valence-electron chi connectivity index (χ3n) is 2.22. The van der Waals surface area contributed by atoms with Crippen molar-refractivity contribution >= 4 is 23.2 Å². The molecule has 91 valence electrons. The lowest BCUT2D eigenvalue weighted by Crippen LogP contribution is -2.13. The van der Waals surface area contributed by atoms with Gasteiger partial charge in [-0.15, -0.1) is 0 Å². The van der Waals surface area contributed by atoms with Gasteiger partial charge in [0.1, 0.15) is 11.6 Å². The van der Waals surface area contributed by atoms with E-state index < -0.39 is 17.5 Å². The van der Waals surface area contributed by atoms with Crippen molar-refractivity contribution in [2.45, 2.75) is 0 Å². The largest absolute Gasteiger partial charge is 0.319 e. The van der Waals surface area contributed by atoms with Crippen molar-refractivity contribution in [2.75, 3.05) is 5.32 Å². The van der Waals surface area contributed by atoms with E-state index in [4.69, 9.17) is 11.6 Å². The van der Waals surface area contributed by atoms with E-state index in [0.717, 1.165) is 12.1 Å². The fourth-order valence-electron chi connectivity index (χ4n) is 1.37. The number of carbonyl (C=O) groups is 1. The van der Waals surface area contributed by atoms with Crippen molar-refractivity contribution in [1.29, 1.82) is 0 Å². The zero-order chi connectivity index (χ0) is 13.1. The molecule has 0 fully saturated rings. The summed E-state index contributed by atoms with van der Waals surface area (Å²) in [5.74, 6) is -1.78. The maximum atomic E-state index is 13.3. The highest BCUT2D eigenvalue weighted by Gasteiger charge is 2.13. The predicted octanol–water partition coefficient (Wildman–Crippen LogP) is 3.67. The van der Waals surface area contributed by atoms with Crippen LogP contribution < -0.4 is 5.32 Å². The number of halogens is 3. The lowest BCUT2D eigenvalue weighted by Gasteiger charge is -2.07. The zero-order valence-electron chi connectivity index (χ0n) is 9.01. The minimum absolute atomic E-state index is 0.0381. The number of rotatable bonds is 2. The minimum atomic E-state index is -0.624. The van der Waals surface area contributed by atoms with Gasteiger partial charge in [0.05, 0.1) is 16.3 Å². The van der Waals surface area contributed by atoms with Gasteiger partial charge >= 0.3 is 0 Å². The maximum absolute atomic E-state index is 13.3. The molecule has 0 atom stereocenters. The van der Waals surface area contributed by atoms with E-state index in [9.17, 15) is 13.6 Å². The van der Waals surface area contributed by atoms with Gasteiger partial charge in [-0.1, -0.05) is 23.7 Å². The number of anilines is 1. The first kappa shape index (κ1) is 12.5. The minimum Gasteiger partial charge on any atom is -0.319 e. The van der Waals surface area contributed by atoms with Gasteiger partial charge in [-0.2, -0.15) is 0 Å². The summed E-state index contributed by atoms with van der Waals surface area (Å²) < 4.78 is 26.1. The number of nitrogens with one attached hydrogen (secondary N) is 1. The lowest BCUT2D eigenvalue weighted by atomic mass is 10.2. The van der Waals surface area contributed by atoms with Crippen LogP contribution in [-0.2, 0) is 0 Å². The third-order valence-corrected chi connectivity index (χ3v) is 2.53. The summed E-state index contributed by atoms with van der Waals surface area (Å²) in [6, 6.07) is 10.0. The Bertz CT molecular complexity index is 601. The van der Waals surface area contributed by atoms with Crippen molar-refractivity contribution in [1.82, 2.24) is 0 Å². The van der Waals surface area contributed by atoms with Crippen LogP contribution in [0.4, 0.5) is 14.5 Å². The van der Waals surface area contributed by atoms with Crippen LogP contribution in [0.1, 0.15) is 10.4 Å². The quantitative estimate of drug-likeness (QED) is 0.883. The van der Waals surface area contributed by atoms with Crippen LogP contribution in [0.5, 0.6) is 0 Å². The van der Waals surface area contributed by atoms with Gasteiger partial charge in [0.2, 0.25) is 0 Å². The molecule has 0 aromatic heterocycles. The van der Waals surface area contributed by atoms with Crippen molar-refractivity contribution in [3.63, 3.8) is 0 Å². The monoisotopic (exact) mass is 266 g/mol. The standard InChI is InChI=1S/C13H7ClF2NO/c14-10-7-8(15)5-6-9(10)13(18)17-12-4-2-1-3-11(12)16/h1-3,5-7H,(H,17,18). The summed E-state index contributed by atoms with van der Waals surface area (Å²) in [5.41, 5.74) is -0.0161. The summed E-state index contributed by atoms with van der Waals surface area (Å²) in [5, 5.41) is 2.27. The molecule has 0 saturated heterocycles. The van der Waals surface area contributed by atoms with Crippen LogP contribution in [0.25, 0.3) is 0 Å². The Morgan fingerprint density at radius 1 is 1.28 bits per heavy atom. The summed E-state index contributed by atoms with van der Waals surface area (Å²) >= 11 is 5.73. The fraction of sp³-hybridized carbons (Fsp3) is 0. The first-order valence-corrected chi connectivity index (χ1v) is 5.38. The number of carbonyl (C=O) groups excluding carboxylic acids is 1. The second-order valence-electron chi connectivity index (χ2n) is 3.47. The number of para-hydroxylation sites is 1. The van der Waals surface area contributed by atoms with Crippen molar-refractivity contribution in [3.8, 4) is 0 Å². The Morgan fingerprint density at radius 3 is 2.72 bits per heavy atom. The Kier molecular flexibility index (Phi) is 3.58. The van der Waals surface area contributed by atoms with Crippen molar-refractivity contribution < 1.29 is 13.6 Å². The molecule has 0 heterocycles. The Morgan fingerprint density at radius 2 is 2.06 bits per heavy atom. The van der Waals surface area contributed by atoms with Gasteiger partial charge in [0.25, 0.3) is 5.91 Å². The number of hydrogen-bond acceptors (Lipinski definition) is 1. The molecule has 0 aliphatic heterocycles. The van der Waals surface area contributed by atoms with E-state index in [1.165, 1.54) is 24.3 Å². The Balaban J connectivity index is 2.25. The zero-order valence-corrected chi connectivity index (χ0v) is 9.76. The van der Waals surface area contributed by atoms with Gasteiger partial charge < -0.3 is 5.32 Å². The van der Waals surface area contributed by atoms with Gasteiger partial charge in [-0.05, 0) is 24.3 Å². The topological polar surface area (TPSA) is 29.1 Å². The molecule has 0 bridgehead atoms. The highest BCUT2D eigenvalue weighted by Crippen LogP contribution is 2.19. The maximum Gasteiger partial charge on any atom is 0.257 e. The summed E-state index contributed by atoms with van der Waals surface area (Å²) in [6.45, 7) is 0. The van der Waals surface area contributed by atoms with E-state index >= 15 is 0 Å². The molecule has 0 aliphatic carbocycles. The van der Waals surface area contributed by atoms with Crippen LogP contribution in [0.15, 0.2) is 36.4 Å². The van der Waals surface area contributed by atoms with E-state index in [1.807, 2.05) is 0 Å². The Hall–Kier alpha value is -1.94. The van der Waals surface area contributed by atoms with Crippen LogP contribution >= 0.6 is 11.6 Å². The number of amides is 1. The molecule has 2 rings (SSSR count). The molecule has 1 N–H and O–H groups in total. The molecule has 0 spiro atoms. The first-order valence-electron chi connectivity index (χ1n) is 5.00. The smallest absolute Gasteiger partial charge is 0.257 e. The van der Waals surface area contributed by atoms with Crippen LogP contribution in [0, 0.1) is 17.7 Å². The van der Waals surface area contributed by atoms with E-state index in [1.54, 1.807) is 0 Å². The van der Waals surface area contributed by atoms with Crippen LogP contribution in [0.2, 0.25) is 5.02 Å². The number of benzene rings is 2. The molecule has 2 nitrogen and oxygen atoms in total. The molecule has 18 heavy (non-hydrogen) atoms. The molecule has 5 heteroatoms. The van der Waals surface area contributed by atoms with Gasteiger partial charge in [0.15, 0.2) is 0 Å². The molecule has 2 aromatic carbocycles. The first-order chi connectivity index (χ1) is 8.58. The molecule has 0 saturated carbocycles. The normalized spacial score (nSPS) is 10.2. The summed E-state index contributed by atoms with van der Waals surface area (Å²) in [6.07, 6.45) is 0. The highest BCUT2D eigenvalue weighted by atomic mass is 35.5. The van der Waals surface area contributed by atoms with E-state index in [-0.39, 0.29) is 16.3 Å². The second kappa shape index (κ2) is 5.14.